The van der Waals surface area contributed by atoms with Gasteiger partial charge in [0, 0.05) is 12.0 Å². The highest BCUT2D eigenvalue weighted by Gasteiger charge is 2.27. The molecule has 2 amide bonds. The summed E-state index contributed by atoms with van der Waals surface area (Å²) in [6, 6.07) is 4.88. The lowest BCUT2D eigenvalue weighted by atomic mass is 9.85. The molecular weight excluding hydrogens is 295 g/mol. The smallest absolute Gasteiger partial charge is 0.243 e. The minimum atomic E-state index is -0.414. The van der Waals surface area contributed by atoms with E-state index in [0.29, 0.717) is 12.8 Å². The molecule has 23 heavy (non-hydrogen) atoms. The predicted molar refractivity (Wildman–Crippen MR) is 88.5 cm³/mol. The van der Waals surface area contributed by atoms with E-state index in [2.05, 4.69) is 17.2 Å². The van der Waals surface area contributed by atoms with Crippen LogP contribution in [0.1, 0.15) is 38.2 Å². The number of carbonyl (C=O) groups excluding carboxylic acids is 2. The van der Waals surface area contributed by atoms with Crippen molar-refractivity contribution in [2.24, 2.45) is 5.92 Å². The topological polar surface area (TPSA) is 58.2 Å². The summed E-state index contributed by atoms with van der Waals surface area (Å²) in [5, 5.41) is 5.56. The maximum atomic E-state index is 13.8. The van der Waals surface area contributed by atoms with Crippen LogP contribution in [0.15, 0.2) is 30.9 Å². The minimum Gasteiger partial charge on any atom is -0.350 e. The zero-order chi connectivity index (χ0) is 16.8. The van der Waals surface area contributed by atoms with Crippen LogP contribution in [0.25, 0.3) is 0 Å². The third-order valence-electron chi connectivity index (χ3n) is 4.33. The summed E-state index contributed by atoms with van der Waals surface area (Å²) in [5.74, 6) is -0.888. The summed E-state index contributed by atoms with van der Waals surface area (Å²) < 4.78 is 13.8. The second-order valence-electron chi connectivity index (χ2n) is 5.92. The van der Waals surface area contributed by atoms with E-state index in [9.17, 15) is 14.0 Å². The number of hydrogen-bond donors (Lipinski definition) is 2. The van der Waals surface area contributed by atoms with E-state index in [1.54, 1.807) is 12.1 Å². The zero-order valence-corrected chi connectivity index (χ0v) is 13.4. The van der Waals surface area contributed by atoms with E-state index in [4.69, 9.17) is 0 Å². The number of halogens is 1. The Morgan fingerprint density at radius 3 is 2.61 bits per heavy atom. The van der Waals surface area contributed by atoms with Gasteiger partial charge in [-0.25, -0.2) is 4.39 Å². The van der Waals surface area contributed by atoms with Gasteiger partial charge in [0.25, 0.3) is 0 Å². The Kier molecular flexibility index (Phi) is 5.90. The molecule has 0 radical (unpaired) electrons. The molecule has 124 valence electrons. The van der Waals surface area contributed by atoms with Crippen molar-refractivity contribution >= 4 is 17.5 Å². The lowest BCUT2D eigenvalue weighted by molar-refractivity contribution is -0.121. The van der Waals surface area contributed by atoms with Gasteiger partial charge in [0.05, 0.1) is 5.69 Å². The molecule has 0 bridgehead atoms. The molecule has 1 aliphatic carbocycles. The van der Waals surface area contributed by atoms with Crippen LogP contribution in [0.5, 0.6) is 0 Å². The fraction of sp³-hybridized carbons (Fsp3) is 0.444. The van der Waals surface area contributed by atoms with Crippen LogP contribution in [-0.2, 0) is 16.0 Å². The van der Waals surface area contributed by atoms with Gasteiger partial charge < -0.3 is 10.6 Å². The molecule has 0 unspecified atom stereocenters. The van der Waals surface area contributed by atoms with Crippen molar-refractivity contribution in [2.75, 3.05) is 5.32 Å². The molecule has 2 rings (SSSR count). The van der Waals surface area contributed by atoms with Gasteiger partial charge in [0.15, 0.2) is 0 Å². The summed E-state index contributed by atoms with van der Waals surface area (Å²) in [6.45, 7) is 5.41. The monoisotopic (exact) mass is 318 g/mol. The lowest BCUT2D eigenvalue weighted by Gasteiger charge is -2.28. The number of aryl methyl sites for hydroxylation is 1. The minimum absolute atomic E-state index is 0.0877. The first-order chi connectivity index (χ1) is 11.0. The maximum Gasteiger partial charge on any atom is 0.243 e. The normalized spacial score (nSPS) is 20.6. The molecule has 0 saturated heterocycles. The largest absolute Gasteiger partial charge is 0.350 e. The van der Waals surface area contributed by atoms with Crippen LogP contribution >= 0.6 is 0 Å². The number of benzene rings is 1. The second kappa shape index (κ2) is 7.90. The predicted octanol–water partition coefficient (Wildman–Crippen LogP) is 3.19. The highest BCUT2D eigenvalue weighted by atomic mass is 19.1. The van der Waals surface area contributed by atoms with Crippen molar-refractivity contribution in [3.8, 4) is 0 Å². The first kappa shape index (κ1) is 17.2. The van der Waals surface area contributed by atoms with Crippen LogP contribution in [0.4, 0.5) is 10.1 Å². The molecule has 1 aromatic carbocycles. The number of anilines is 1. The van der Waals surface area contributed by atoms with Crippen molar-refractivity contribution in [1.29, 1.82) is 0 Å². The van der Waals surface area contributed by atoms with E-state index in [-0.39, 0.29) is 29.5 Å². The number of hydrogen-bond acceptors (Lipinski definition) is 2. The Bertz CT molecular complexity index is 593. The Morgan fingerprint density at radius 2 is 2.00 bits per heavy atom. The maximum absolute atomic E-state index is 13.8. The standard InChI is InChI=1S/C18H23FN2O2/c1-3-12-5-10-15(19)16(11-12)21-18(23)13-6-8-14(9-7-13)20-17(22)4-2/h4-5,10-11,13-14H,2-3,6-9H2,1H3,(H,20,22)(H,21,23). The third-order valence-corrected chi connectivity index (χ3v) is 4.33. The highest BCUT2D eigenvalue weighted by molar-refractivity contribution is 5.93. The van der Waals surface area contributed by atoms with Gasteiger partial charge in [-0.15, -0.1) is 0 Å². The average molecular weight is 318 g/mol. The van der Waals surface area contributed by atoms with Gasteiger partial charge >= 0.3 is 0 Å². The number of amides is 2. The van der Waals surface area contributed by atoms with E-state index in [0.717, 1.165) is 24.8 Å². The molecule has 1 aromatic rings. The van der Waals surface area contributed by atoms with Crippen LogP contribution in [-0.4, -0.2) is 17.9 Å². The molecule has 0 atom stereocenters. The van der Waals surface area contributed by atoms with Crippen LogP contribution in [0.3, 0.4) is 0 Å². The number of rotatable bonds is 5. The van der Waals surface area contributed by atoms with Crippen molar-refractivity contribution < 1.29 is 14.0 Å². The van der Waals surface area contributed by atoms with Gasteiger partial charge in [-0.05, 0) is 55.9 Å². The van der Waals surface area contributed by atoms with E-state index < -0.39 is 5.82 Å². The van der Waals surface area contributed by atoms with Gasteiger partial charge in [0.1, 0.15) is 5.82 Å². The number of carbonyl (C=O) groups is 2. The first-order valence-electron chi connectivity index (χ1n) is 8.05. The summed E-state index contributed by atoms with van der Waals surface area (Å²) in [4.78, 5) is 23.6. The number of nitrogens with one attached hydrogen (secondary N) is 2. The molecular formula is C18H23FN2O2. The summed E-state index contributed by atoms with van der Waals surface area (Å²) in [7, 11) is 0. The Morgan fingerprint density at radius 1 is 1.30 bits per heavy atom. The molecule has 5 heteroatoms. The van der Waals surface area contributed by atoms with E-state index >= 15 is 0 Å². The molecule has 0 aromatic heterocycles. The fourth-order valence-corrected chi connectivity index (χ4v) is 2.88. The van der Waals surface area contributed by atoms with Crippen molar-refractivity contribution in [2.45, 2.75) is 45.1 Å². The Balaban J connectivity index is 1.90. The van der Waals surface area contributed by atoms with Crippen LogP contribution in [0.2, 0.25) is 0 Å². The molecule has 0 spiro atoms. The molecule has 0 heterocycles. The molecule has 0 aliphatic heterocycles. The van der Waals surface area contributed by atoms with Crippen molar-refractivity contribution in [3.05, 3.63) is 42.2 Å². The Hall–Kier alpha value is -2.17. The van der Waals surface area contributed by atoms with Gasteiger partial charge in [0.2, 0.25) is 11.8 Å². The van der Waals surface area contributed by atoms with E-state index in [1.165, 1.54) is 12.1 Å². The Labute approximate surface area is 136 Å². The van der Waals surface area contributed by atoms with Crippen LogP contribution < -0.4 is 10.6 Å². The second-order valence-corrected chi connectivity index (χ2v) is 5.92. The van der Waals surface area contributed by atoms with Gasteiger partial charge in [-0.3, -0.25) is 9.59 Å². The highest BCUT2D eigenvalue weighted by Crippen LogP contribution is 2.26. The fourth-order valence-electron chi connectivity index (χ4n) is 2.88. The van der Waals surface area contributed by atoms with Gasteiger partial charge in [-0.1, -0.05) is 19.6 Å². The zero-order valence-electron chi connectivity index (χ0n) is 13.4. The molecule has 1 fully saturated rings. The summed E-state index contributed by atoms with van der Waals surface area (Å²) in [5.41, 5.74) is 1.23. The average Bonchev–Trinajstić information content (AvgIpc) is 2.57. The van der Waals surface area contributed by atoms with Gasteiger partial charge in [-0.2, -0.15) is 0 Å². The lowest BCUT2D eigenvalue weighted by Crippen LogP contribution is -2.38. The quantitative estimate of drug-likeness (QED) is 0.819. The molecule has 1 saturated carbocycles. The molecule has 4 nitrogen and oxygen atoms in total. The van der Waals surface area contributed by atoms with Crippen molar-refractivity contribution in [1.82, 2.24) is 5.32 Å². The first-order valence-corrected chi connectivity index (χ1v) is 8.05. The molecule has 1 aliphatic rings. The summed E-state index contributed by atoms with van der Waals surface area (Å²) in [6.07, 6.45) is 4.90. The van der Waals surface area contributed by atoms with Crippen LogP contribution in [0, 0.1) is 11.7 Å². The van der Waals surface area contributed by atoms with Crippen molar-refractivity contribution in [3.63, 3.8) is 0 Å². The molecule has 2 N–H and O–H groups in total. The van der Waals surface area contributed by atoms with E-state index in [1.807, 2.05) is 6.92 Å². The summed E-state index contributed by atoms with van der Waals surface area (Å²) >= 11 is 0. The SMILES string of the molecule is C=CC(=O)NC1CCC(C(=O)Nc2cc(CC)ccc2F)CC1. The third kappa shape index (κ3) is 4.65.